The van der Waals surface area contributed by atoms with E-state index in [1.54, 1.807) is 0 Å². The molecule has 0 aromatic heterocycles. The van der Waals surface area contributed by atoms with Crippen molar-refractivity contribution in [3.63, 3.8) is 0 Å². The minimum absolute atomic E-state index is 0. The maximum atomic E-state index is 11.3. The van der Waals surface area contributed by atoms with Crippen LogP contribution in [0.4, 0.5) is 11.4 Å². The van der Waals surface area contributed by atoms with Crippen molar-refractivity contribution >= 4 is 29.7 Å². The Morgan fingerprint density at radius 1 is 1.56 bits per heavy atom. The lowest BCUT2D eigenvalue weighted by Crippen LogP contribution is -2.32. The summed E-state index contributed by atoms with van der Waals surface area (Å²) >= 11 is 0. The summed E-state index contributed by atoms with van der Waals surface area (Å²) in [7, 11) is 1.34. The second-order valence-electron chi connectivity index (χ2n) is 3.42. The van der Waals surface area contributed by atoms with Crippen molar-refractivity contribution in [2.75, 3.05) is 12.4 Å². The van der Waals surface area contributed by atoms with Gasteiger partial charge in [-0.3, -0.25) is 14.9 Å². The lowest BCUT2D eigenvalue weighted by molar-refractivity contribution is -0.385. The number of anilines is 1. The molecule has 0 spiro atoms. The van der Waals surface area contributed by atoms with Crippen LogP contribution in [0.2, 0.25) is 0 Å². The summed E-state index contributed by atoms with van der Waals surface area (Å²) in [5.74, 6) is -0.279. The van der Waals surface area contributed by atoms with Gasteiger partial charge >= 0.3 is 5.69 Å². The molecule has 0 aliphatic carbocycles. The number of amides is 1. The third-order valence-electron chi connectivity index (χ3n) is 2.06. The molecule has 8 heteroatoms. The van der Waals surface area contributed by atoms with Crippen LogP contribution >= 0.6 is 12.4 Å². The fourth-order valence-electron chi connectivity index (χ4n) is 1.17. The Morgan fingerprint density at radius 3 is 2.61 bits per heavy atom. The molecule has 100 valence electrons. The van der Waals surface area contributed by atoms with Crippen molar-refractivity contribution in [2.45, 2.75) is 13.0 Å². The molecule has 1 atom stereocenters. The molecule has 0 aliphatic rings. The average molecular weight is 276 g/mol. The largest absolute Gasteiger partial charge is 0.490 e. The molecule has 0 bridgehead atoms. The number of nitro benzene ring substituents is 1. The lowest BCUT2D eigenvalue weighted by Gasteiger charge is -2.08. The van der Waals surface area contributed by atoms with E-state index in [4.69, 9.17) is 10.5 Å². The highest BCUT2D eigenvalue weighted by molar-refractivity contribution is 5.94. The Kier molecular flexibility index (Phi) is 6.07. The molecule has 7 nitrogen and oxygen atoms in total. The number of ether oxygens (including phenoxy) is 1. The number of carbonyl (C=O) groups excluding carboxylic acids is 1. The summed E-state index contributed by atoms with van der Waals surface area (Å²) in [5, 5.41) is 13.2. The fraction of sp³-hybridized carbons (Fsp3) is 0.300. The van der Waals surface area contributed by atoms with Crippen LogP contribution in [0.25, 0.3) is 0 Å². The maximum Gasteiger partial charge on any atom is 0.312 e. The van der Waals surface area contributed by atoms with E-state index in [0.717, 1.165) is 0 Å². The second kappa shape index (κ2) is 6.77. The highest BCUT2D eigenvalue weighted by Gasteiger charge is 2.16. The summed E-state index contributed by atoms with van der Waals surface area (Å²) < 4.78 is 4.83. The van der Waals surface area contributed by atoms with Gasteiger partial charge in [0.15, 0.2) is 5.75 Å². The van der Waals surface area contributed by atoms with Gasteiger partial charge in [-0.15, -0.1) is 12.4 Å². The highest BCUT2D eigenvalue weighted by atomic mass is 35.5. The van der Waals surface area contributed by atoms with Crippen molar-refractivity contribution in [1.82, 2.24) is 0 Å². The molecular formula is C10H14ClN3O4. The van der Waals surface area contributed by atoms with E-state index in [-0.39, 0.29) is 23.8 Å². The molecule has 0 heterocycles. The molecule has 1 aromatic carbocycles. The second-order valence-corrected chi connectivity index (χ2v) is 3.42. The topological polar surface area (TPSA) is 107 Å². The molecule has 1 amide bonds. The van der Waals surface area contributed by atoms with Crippen molar-refractivity contribution < 1.29 is 14.5 Å². The normalized spacial score (nSPS) is 11.1. The van der Waals surface area contributed by atoms with Crippen LogP contribution in [-0.4, -0.2) is 24.0 Å². The molecule has 0 aliphatic heterocycles. The molecule has 0 saturated heterocycles. The number of nitrogens with one attached hydrogen (secondary N) is 1. The van der Waals surface area contributed by atoms with Crippen molar-refractivity contribution in [1.29, 1.82) is 0 Å². The van der Waals surface area contributed by atoms with Crippen molar-refractivity contribution in [2.24, 2.45) is 5.73 Å². The van der Waals surface area contributed by atoms with Gasteiger partial charge in [0.1, 0.15) is 0 Å². The smallest absolute Gasteiger partial charge is 0.312 e. The number of benzene rings is 1. The Bertz CT molecular complexity index is 451. The number of nitrogens with two attached hydrogens (primary N) is 1. The van der Waals surface area contributed by atoms with E-state index in [0.29, 0.717) is 5.69 Å². The predicted molar refractivity (Wildman–Crippen MR) is 69.2 cm³/mol. The Hall–Kier alpha value is -1.86. The SMILES string of the molecule is COc1ccc(NC(=O)[C@H](C)N)cc1[N+](=O)[O-].Cl. The number of methoxy groups -OCH3 is 1. The number of hydrogen-bond donors (Lipinski definition) is 2. The summed E-state index contributed by atoms with van der Waals surface area (Å²) in [5.41, 5.74) is 5.46. The summed E-state index contributed by atoms with van der Waals surface area (Å²) in [4.78, 5) is 21.5. The van der Waals surface area contributed by atoms with Crippen LogP contribution in [0.15, 0.2) is 18.2 Å². The van der Waals surface area contributed by atoms with Crippen LogP contribution in [0.5, 0.6) is 5.75 Å². The first-order valence-electron chi connectivity index (χ1n) is 4.84. The van der Waals surface area contributed by atoms with E-state index in [1.165, 1.54) is 32.2 Å². The summed E-state index contributed by atoms with van der Waals surface area (Å²) in [6.45, 7) is 1.52. The zero-order chi connectivity index (χ0) is 13.0. The monoisotopic (exact) mass is 275 g/mol. The highest BCUT2D eigenvalue weighted by Crippen LogP contribution is 2.29. The van der Waals surface area contributed by atoms with Gasteiger partial charge in [-0.25, -0.2) is 0 Å². The minimum Gasteiger partial charge on any atom is -0.490 e. The van der Waals surface area contributed by atoms with Gasteiger partial charge in [0, 0.05) is 11.8 Å². The maximum absolute atomic E-state index is 11.3. The van der Waals surface area contributed by atoms with Crippen LogP contribution < -0.4 is 15.8 Å². The molecule has 1 aromatic rings. The van der Waals surface area contributed by atoms with Crippen LogP contribution in [0.1, 0.15) is 6.92 Å². The first kappa shape index (κ1) is 16.1. The van der Waals surface area contributed by atoms with Gasteiger partial charge < -0.3 is 15.8 Å². The molecule has 3 N–H and O–H groups in total. The zero-order valence-electron chi connectivity index (χ0n) is 9.88. The minimum atomic E-state index is -0.684. The van der Waals surface area contributed by atoms with Crippen LogP contribution in [0.3, 0.4) is 0 Å². The van der Waals surface area contributed by atoms with Gasteiger partial charge in [-0.2, -0.15) is 0 Å². The van der Waals surface area contributed by atoms with Gasteiger partial charge in [-0.05, 0) is 19.1 Å². The molecule has 0 radical (unpaired) electrons. The molecule has 18 heavy (non-hydrogen) atoms. The number of carbonyl (C=O) groups is 1. The Morgan fingerprint density at radius 2 is 2.17 bits per heavy atom. The van der Waals surface area contributed by atoms with Gasteiger partial charge in [-0.1, -0.05) is 0 Å². The summed E-state index contributed by atoms with van der Waals surface area (Å²) in [6, 6.07) is 3.45. The molecular weight excluding hydrogens is 262 g/mol. The van der Waals surface area contributed by atoms with Crippen molar-refractivity contribution in [3.05, 3.63) is 28.3 Å². The van der Waals surface area contributed by atoms with Crippen LogP contribution in [-0.2, 0) is 4.79 Å². The molecule has 1 rings (SSSR count). The van der Waals surface area contributed by atoms with E-state index < -0.39 is 16.9 Å². The zero-order valence-corrected chi connectivity index (χ0v) is 10.7. The lowest BCUT2D eigenvalue weighted by atomic mass is 10.2. The third-order valence-corrected chi connectivity index (χ3v) is 2.06. The van der Waals surface area contributed by atoms with Crippen LogP contribution in [0, 0.1) is 10.1 Å². The first-order valence-corrected chi connectivity index (χ1v) is 4.84. The van der Waals surface area contributed by atoms with Gasteiger partial charge in [0.05, 0.1) is 18.1 Å². The number of nitro groups is 1. The quantitative estimate of drug-likeness (QED) is 0.636. The Labute approximate surface area is 110 Å². The molecule has 0 fully saturated rings. The fourth-order valence-corrected chi connectivity index (χ4v) is 1.17. The van der Waals surface area contributed by atoms with E-state index in [2.05, 4.69) is 5.32 Å². The first-order chi connectivity index (χ1) is 7.95. The van der Waals surface area contributed by atoms with Crippen molar-refractivity contribution in [3.8, 4) is 5.75 Å². The number of nitrogens with zero attached hydrogens (tertiary/aromatic N) is 1. The average Bonchev–Trinajstić information content (AvgIpc) is 2.28. The number of rotatable bonds is 4. The molecule has 0 saturated carbocycles. The van der Waals surface area contributed by atoms with Gasteiger partial charge in [0.25, 0.3) is 0 Å². The number of halogens is 1. The van der Waals surface area contributed by atoms with E-state index in [9.17, 15) is 14.9 Å². The van der Waals surface area contributed by atoms with E-state index >= 15 is 0 Å². The predicted octanol–water partition coefficient (Wildman–Crippen LogP) is 1.31. The third kappa shape index (κ3) is 3.86. The van der Waals surface area contributed by atoms with E-state index in [1.807, 2.05) is 0 Å². The Balaban J connectivity index is 0.00000289. The molecule has 0 unspecified atom stereocenters. The standard InChI is InChI=1S/C10H13N3O4.ClH/c1-6(11)10(14)12-7-3-4-9(17-2)8(5-7)13(15)16;/h3-6H,11H2,1-2H3,(H,12,14);1H/t6-;/m0./s1. The summed E-state index contributed by atoms with van der Waals surface area (Å²) in [6.07, 6.45) is 0. The number of hydrogen-bond acceptors (Lipinski definition) is 5. The van der Waals surface area contributed by atoms with Gasteiger partial charge in [0.2, 0.25) is 5.91 Å².